The second-order valence-corrected chi connectivity index (χ2v) is 5.36. The number of imidazole rings is 1. The number of carbonyl (C=O) groups excluding carboxylic acids is 1. The van der Waals surface area contributed by atoms with E-state index in [1.54, 1.807) is 19.2 Å². The number of amides is 2. The minimum absolute atomic E-state index is 0.241. The topological polar surface area (TPSA) is 68.2 Å². The van der Waals surface area contributed by atoms with Crippen molar-refractivity contribution in [2.75, 3.05) is 19.0 Å². The van der Waals surface area contributed by atoms with Gasteiger partial charge in [0.15, 0.2) is 0 Å². The van der Waals surface area contributed by atoms with Crippen molar-refractivity contribution in [3.05, 3.63) is 54.9 Å². The van der Waals surface area contributed by atoms with Gasteiger partial charge in [-0.25, -0.2) is 9.78 Å². The molecule has 1 heterocycles. The number of anilines is 1. The lowest BCUT2D eigenvalue weighted by Crippen LogP contribution is -2.30. The van der Waals surface area contributed by atoms with Crippen molar-refractivity contribution in [2.45, 2.75) is 13.0 Å². The maximum absolute atomic E-state index is 12.0. The number of fused-ring (bicyclic) bond motifs is 1. The van der Waals surface area contributed by atoms with Crippen LogP contribution < -0.4 is 15.4 Å². The van der Waals surface area contributed by atoms with Crippen molar-refractivity contribution >= 4 is 22.8 Å². The van der Waals surface area contributed by atoms with Crippen molar-refractivity contribution in [3.63, 3.8) is 0 Å². The molecule has 3 aromatic rings. The number of methoxy groups -OCH3 is 1. The summed E-state index contributed by atoms with van der Waals surface area (Å²) in [6, 6.07) is 15.1. The normalized spacial score (nSPS) is 10.5. The number of nitrogens with zero attached hydrogens (tertiary/aromatic N) is 2. The maximum Gasteiger partial charge on any atom is 0.319 e. The number of ether oxygens (including phenoxy) is 1. The van der Waals surface area contributed by atoms with Crippen molar-refractivity contribution in [2.24, 2.45) is 0 Å². The summed E-state index contributed by atoms with van der Waals surface area (Å²) < 4.78 is 7.30. The highest BCUT2D eigenvalue weighted by Gasteiger charge is 2.06. The first kappa shape index (κ1) is 15.9. The van der Waals surface area contributed by atoms with E-state index in [0.717, 1.165) is 24.0 Å². The van der Waals surface area contributed by atoms with Crippen LogP contribution in [0, 0.1) is 0 Å². The van der Waals surface area contributed by atoms with Crippen LogP contribution in [-0.2, 0) is 6.54 Å². The summed E-state index contributed by atoms with van der Waals surface area (Å²) in [5, 5.41) is 5.64. The molecule has 2 amide bonds. The van der Waals surface area contributed by atoms with Gasteiger partial charge in [-0.3, -0.25) is 0 Å². The number of aryl methyl sites for hydroxylation is 1. The zero-order chi connectivity index (χ0) is 16.8. The molecule has 0 saturated heterocycles. The van der Waals surface area contributed by atoms with Crippen molar-refractivity contribution < 1.29 is 9.53 Å². The van der Waals surface area contributed by atoms with E-state index < -0.39 is 0 Å². The molecular weight excluding hydrogens is 304 g/mol. The van der Waals surface area contributed by atoms with E-state index in [4.69, 9.17) is 4.74 Å². The lowest BCUT2D eigenvalue weighted by molar-refractivity contribution is 0.251. The van der Waals surface area contributed by atoms with Gasteiger partial charge in [0.05, 0.1) is 30.2 Å². The summed E-state index contributed by atoms with van der Waals surface area (Å²) in [6.07, 6.45) is 2.65. The van der Waals surface area contributed by atoms with Gasteiger partial charge in [-0.1, -0.05) is 24.3 Å². The molecule has 0 unspecified atom stereocenters. The zero-order valence-electron chi connectivity index (χ0n) is 13.5. The second-order valence-electron chi connectivity index (χ2n) is 5.36. The second kappa shape index (κ2) is 7.50. The molecule has 2 aromatic carbocycles. The summed E-state index contributed by atoms with van der Waals surface area (Å²) >= 11 is 0. The molecule has 0 spiro atoms. The minimum Gasteiger partial charge on any atom is -0.495 e. The van der Waals surface area contributed by atoms with Crippen LogP contribution in [0.4, 0.5) is 10.5 Å². The molecule has 0 aliphatic carbocycles. The van der Waals surface area contributed by atoms with Gasteiger partial charge < -0.3 is 19.9 Å². The van der Waals surface area contributed by atoms with Crippen LogP contribution in [0.2, 0.25) is 0 Å². The summed E-state index contributed by atoms with van der Waals surface area (Å²) in [6.45, 7) is 1.38. The van der Waals surface area contributed by atoms with Gasteiger partial charge in [0.25, 0.3) is 0 Å². The standard InChI is InChI=1S/C18H20N4O2/c1-24-17-10-5-3-8-15(17)21-18(23)19-11-6-12-22-13-20-14-7-2-4-9-16(14)22/h2-5,7-10,13H,6,11-12H2,1H3,(H2,19,21,23). The molecule has 1 aromatic heterocycles. The summed E-state index contributed by atoms with van der Waals surface area (Å²) in [5.41, 5.74) is 2.74. The highest BCUT2D eigenvalue weighted by molar-refractivity contribution is 5.90. The first-order valence-electron chi connectivity index (χ1n) is 7.85. The Kier molecular flexibility index (Phi) is 4.96. The van der Waals surface area contributed by atoms with Crippen LogP contribution in [0.25, 0.3) is 11.0 Å². The Morgan fingerprint density at radius 2 is 1.96 bits per heavy atom. The molecule has 0 aliphatic rings. The Hall–Kier alpha value is -3.02. The minimum atomic E-state index is -0.241. The average molecular weight is 324 g/mol. The SMILES string of the molecule is COc1ccccc1NC(=O)NCCCn1cnc2ccccc21. The Morgan fingerprint density at radius 3 is 2.83 bits per heavy atom. The predicted octanol–water partition coefficient (Wildman–Crippen LogP) is 3.26. The molecular formula is C18H20N4O2. The fourth-order valence-corrected chi connectivity index (χ4v) is 2.55. The van der Waals surface area contributed by atoms with Crippen molar-refractivity contribution in [1.82, 2.24) is 14.9 Å². The largest absolute Gasteiger partial charge is 0.495 e. The Labute approximate surface area is 140 Å². The Morgan fingerprint density at radius 1 is 1.17 bits per heavy atom. The lowest BCUT2D eigenvalue weighted by Gasteiger charge is -2.11. The number of urea groups is 1. The monoisotopic (exact) mass is 324 g/mol. The van der Waals surface area contributed by atoms with Crippen LogP contribution in [0.3, 0.4) is 0 Å². The first-order chi connectivity index (χ1) is 11.8. The summed E-state index contributed by atoms with van der Waals surface area (Å²) in [7, 11) is 1.58. The van der Waals surface area contributed by atoms with E-state index in [-0.39, 0.29) is 6.03 Å². The number of aromatic nitrogens is 2. The van der Waals surface area contributed by atoms with Gasteiger partial charge >= 0.3 is 6.03 Å². The molecule has 0 atom stereocenters. The van der Waals surface area contributed by atoms with Gasteiger partial charge in [0.2, 0.25) is 0 Å². The number of carbonyl (C=O) groups is 1. The third-order valence-corrected chi connectivity index (χ3v) is 3.74. The molecule has 6 heteroatoms. The maximum atomic E-state index is 12.0. The lowest BCUT2D eigenvalue weighted by atomic mass is 10.3. The third-order valence-electron chi connectivity index (χ3n) is 3.74. The van der Waals surface area contributed by atoms with Crippen LogP contribution in [0.5, 0.6) is 5.75 Å². The molecule has 0 fully saturated rings. The Balaban J connectivity index is 1.47. The van der Waals surface area contributed by atoms with Gasteiger partial charge in [0, 0.05) is 13.1 Å². The van der Waals surface area contributed by atoms with E-state index in [0.29, 0.717) is 18.0 Å². The molecule has 2 N–H and O–H groups in total. The van der Waals surface area contributed by atoms with E-state index in [1.807, 2.05) is 42.7 Å². The van der Waals surface area contributed by atoms with Crippen LogP contribution in [0.1, 0.15) is 6.42 Å². The van der Waals surface area contributed by atoms with Gasteiger partial charge in [-0.05, 0) is 30.7 Å². The van der Waals surface area contributed by atoms with E-state index >= 15 is 0 Å². The highest BCUT2D eigenvalue weighted by atomic mass is 16.5. The molecule has 24 heavy (non-hydrogen) atoms. The van der Waals surface area contributed by atoms with E-state index in [1.165, 1.54) is 0 Å². The van der Waals surface area contributed by atoms with Gasteiger partial charge in [-0.15, -0.1) is 0 Å². The first-order valence-corrected chi connectivity index (χ1v) is 7.85. The number of hydrogen-bond acceptors (Lipinski definition) is 3. The fourth-order valence-electron chi connectivity index (χ4n) is 2.55. The Bertz CT molecular complexity index is 829. The summed E-state index contributed by atoms with van der Waals surface area (Å²) in [5.74, 6) is 0.637. The number of rotatable bonds is 6. The highest BCUT2D eigenvalue weighted by Crippen LogP contribution is 2.22. The molecule has 3 rings (SSSR count). The summed E-state index contributed by atoms with van der Waals surface area (Å²) in [4.78, 5) is 16.3. The smallest absolute Gasteiger partial charge is 0.319 e. The number of hydrogen-bond donors (Lipinski definition) is 2. The molecule has 0 radical (unpaired) electrons. The van der Waals surface area contributed by atoms with Crippen LogP contribution >= 0.6 is 0 Å². The van der Waals surface area contributed by atoms with Gasteiger partial charge in [0.1, 0.15) is 5.75 Å². The average Bonchev–Trinajstić information content (AvgIpc) is 3.02. The van der Waals surface area contributed by atoms with E-state index in [9.17, 15) is 4.79 Å². The molecule has 0 aliphatic heterocycles. The van der Waals surface area contributed by atoms with Crippen molar-refractivity contribution in [3.8, 4) is 5.75 Å². The number of benzene rings is 2. The molecule has 0 bridgehead atoms. The quantitative estimate of drug-likeness (QED) is 0.684. The predicted molar refractivity (Wildman–Crippen MR) is 94.4 cm³/mol. The van der Waals surface area contributed by atoms with Crippen LogP contribution in [0.15, 0.2) is 54.9 Å². The fraction of sp³-hybridized carbons (Fsp3) is 0.222. The molecule has 124 valence electrons. The molecule has 6 nitrogen and oxygen atoms in total. The number of nitrogens with one attached hydrogen (secondary N) is 2. The van der Waals surface area contributed by atoms with Crippen molar-refractivity contribution in [1.29, 1.82) is 0 Å². The molecule has 0 saturated carbocycles. The third kappa shape index (κ3) is 3.65. The van der Waals surface area contributed by atoms with Crippen LogP contribution in [-0.4, -0.2) is 29.2 Å². The van der Waals surface area contributed by atoms with Gasteiger partial charge in [-0.2, -0.15) is 0 Å². The number of para-hydroxylation sites is 4. The zero-order valence-corrected chi connectivity index (χ0v) is 13.5. The van der Waals surface area contributed by atoms with E-state index in [2.05, 4.69) is 20.2 Å².